The van der Waals surface area contributed by atoms with Gasteiger partial charge in [-0.2, -0.15) is 10.2 Å². The van der Waals surface area contributed by atoms with Gasteiger partial charge in [0.15, 0.2) is 5.69 Å². The Kier molecular flexibility index (Phi) is 3.92. The van der Waals surface area contributed by atoms with E-state index >= 15 is 0 Å². The molecule has 0 aliphatic heterocycles. The van der Waals surface area contributed by atoms with E-state index < -0.39 is 5.82 Å². The molecule has 0 saturated carbocycles. The second-order valence-corrected chi connectivity index (χ2v) is 5.31. The van der Waals surface area contributed by atoms with Gasteiger partial charge in [0, 0.05) is 18.3 Å². The fraction of sp³-hybridized carbons (Fsp3) is 0.188. The molecule has 2 heterocycles. The van der Waals surface area contributed by atoms with E-state index in [4.69, 9.17) is 0 Å². The monoisotopic (exact) mass is 313 g/mol. The van der Waals surface area contributed by atoms with Crippen LogP contribution in [-0.2, 0) is 0 Å². The van der Waals surface area contributed by atoms with Crippen LogP contribution >= 0.6 is 0 Å². The highest BCUT2D eigenvalue weighted by Gasteiger charge is 2.14. The Balaban J connectivity index is 1.82. The number of halogens is 1. The standard InChI is InChI=1S/C16H16FN5O/c1-11(2)22-15(7-9-18-22)19-16(23)13-8-10-21(20-13)14-6-4-3-5-12(14)17/h3-11H,1-2H3,(H,19,23). The van der Waals surface area contributed by atoms with Crippen molar-refractivity contribution in [2.75, 3.05) is 5.32 Å². The van der Waals surface area contributed by atoms with Crippen LogP contribution in [0, 0.1) is 5.82 Å². The lowest BCUT2D eigenvalue weighted by molar-refractivity contribution is 0.102. The molecule has 3 rings (SSSR count). The van der Waals surface area contributed by atoms with E-state index in [9.17, 15) is 9.18 Å². The van der Waals surface area contributed by atoms with Crippen LogP contribution in [0.3, 0.4) is 0 Å². The predicted molar refractivity (Wildman–Crippen MR) is 84.1 cm³/mol. The first kappa shape index (κ1) is 15.0. The summed E-state index contributed by atoms with van der Waals surface area (Å²) in [4.78, 5) is 12.3. The number of nitrogens with zero attached hydrogens (tertiary/aromatic N) is 4. The molecule has 3 aromatic rings. The molecule has 7 heteroatoms. The van der Waals surface area contributed by atoms with Gasteiger partial charge in [0.2, 0.25) is 0 Å². The Morgan fingerprint density at radius 1 is 1.22 bits per heavy atom. The van der Waals surface area contributed by atoms with Crippen molar-refractivity contribution in [3.05, 3.63) is 60.3 Å². The van der Waals surface area contributed by atoms with Crippen LogP contribution in [0.1, 0.15) is 30.4 Å². The third-order valence-corrected chi connectivity index (χ3v) is 3.32. The summed E-state index contributed by atoms with van der Waals surface area (Å²) in [6, 6.07) is 9.62. The zero-order valence-corrected chi connectivity index (χ0v) is 12.8. The topological polar surface area (TPSA) is 64.7 Å². The summed E-state index contributed by atoms with van der Waals surface area (Å²) in [5, 5.41) is 11.0. The number of benzene rings is 1. The maximum Gasteiger partial charge on any atom is 0.277 e. The molecule has 2 aromatic heterocycles. The average Bonchev–Trinajstić information content (AvgIpc) is 3.16. The lowest BCUT2D eigenvalue weighted by Gasteiger charge is -2.10. The van der Waals surface area contributed by atoms with E-state index in [1.807, 2.05) is 13.8 Å². The lowest BCUT2D eigenvalue weighted by Crippen LogP contribution is -2.17. The molecule has 0 aliphatic carbocycles. The summed E-state index contributed by atoms with van der Waals surface area (Å²) < 4.78 is 16.8. The molecule has 0 spiro atoms. The summed E-state index contributed by atoms with van der Waals surface area (Å²) >= 11 is 0. The number of nitrogens with one attached hydrogen (secondary N) is 1. The van der Waals surface area contributed by atoms with Crippen molar-refractivity contribution in [1.29, 1.82) is 0 Å². The second kappa shape index (κ2) is 6.04. The SMILES string of the molecule is CC(C)n1nccc1NC(=O)c1ccn(-c2ccccc2F)n1. The van der Waals surface area contributed by atoms with Crippen LogP contribution in [0.25, 0.3) is 5.69 Å². The van der Waals surface area contributed by atoms with Crippen molar-refractivity contribution in [2.45, 2.75) is 19.9 Å². The quantitative estimate of drug-likeness (QED) is 0.805. The Bertz CT molecular complexity index is 836. The molecular weight excluding hydrogens is 297 g/mol. The molecule has 0 fully saturated rings. The van der Waals surface area contributed by atoms with Crippen LogP contribution in [0.5, 0.6) is 0 Å². The first-order chi connectivity index (χ1) is 11.1. The van der Waals surface area contributed by atoms with Gasteiger partial charge in [-0.1, -0.05) is 12.1 Å². The van der Waals surface area contributed by atoms with E-state index in [1.54, 1.807) is 41.3 Å². The van der Waals surface area contributed by atoms with E-state index in [1.165, 1.54) is 16.8 Å². The van der Waals surface area contributed by atoms with Gasteiger partial charge in [0.05, 0.1) is 6.20 Å². The molecule has 1 amide bonds. The third-order valence-electron chi connectivity index (χ3n) is 3.32. The summed E-state index contributed by atoms with van der Waals surface area (Å²) in [5.74, 6) is -0.187. The number of anilines is 1. The Morgan fingerprint density at radius 3 is 2.74 bits per heavy atom. The molecule has 0 aliphatic rings. The lowest BCUT2D eigenvalue weighted by atomic mass is 10.3. The number of para-hydroxylation sites is 1. The van der Waals surface area contributed by atoms with Crippen LogP contribution in [0.4, 0.5) is 10.2 Å². The first-order valence-electron chi connectivity index (χ1n) is 7.21. The normalized spacial score (nSPS) is 11.0. The molecule has 1 N–H and O–H groups in total. The molecule has 0 unspecified atom stereocenters. The molecule has 6 nitrogen and oxygen atoms in total. The minimum atomic E-state index is -0.402. The van der Waals surface area contributed by atoms with Gasteiger partial charge in [0.1, 0.15) is 17.3 Å². The molecule has 1 aromatic carbocycles. The Hall–Kier alpha value is -2.96. The van der Waals surface area contributed by atoms with Gasteiger partial charge < -0.3 is 5.32 Å². The molecule has 0 saturated heterocycles. The van der Waals surface area contributed by atoms with Crippen molar-refractivity contribution in [3.63, 3.8) is 0 Å². The van der Waals surface area contributed by atoms with Gasteiger partial charge in [-0.05, 0) is 32.0 Å². The van der Waals surface area contributed by atoms with Crippen LogP contribution < -0.4 is 5.32 Å². The minimum Gasteiger partial charge on any atom is -0.305 e. The maximum atomic E-state index is 13.8. The van der Waals surface area contributed by atoms with Crippen LogP contribution in [-0.4, -0.2) is 25.5 Å². The van der Waals surface area contributed by atoms with E-state index in [2.05, 4.69) is 15.5 Å². The molecule has 0 atom stereocenters. The van der Waals surface area contributed by atoms with Crippen molar-refractivity contribution in [2.24, 2.45) is 0 Å². The predicted octanol–water partition coefficient (Wildman–Crippen LogP) is 3.04. The summed E-state index contributed by atoms with van der Waals surface area (Å²) in [7, 11) is 0. The van der Waals surface area contributed by atoms with E-state index in [0.717, 1.165) is 0 Å². The second-order valence-electron chi connectivity index (χ2n) is 5.31. The molecule has 0 bridgehead atoms. The zero-order chi connectivity index (χ0) is 16.4. The third kappa shape index (κ3) is 2.98. The van der Waals surface area contributed by atoms with Gasteiger partial charge in [-0.25, -0.2) is 13.8 Å². The fourth-order valence-corrected chi connectivity index (χ4v) is 2.22. The summed E-state index contributed by atoms with van der Waals surface area (Å²) in [6.07, 6.45) is 3.17. The number of hydrogen-bond donors (Lipinski definition) is 1. The number of aromatic nitrogens is 4. The van der Waals surface area contributed by atoms with Crippen molar-refractivity contribution in [1.82, 2.24) is 19.6 Å². The van der Waals surface area contributed by atoms with E-state index in [0.29, 0.717) is 11.5 Å². The Labute approximate surface area is 132 Å². The number of carbonyl (C=O) groups excluding carboxylic acids is 1. The first-order valence-corrected chi connectivity index (χ1v) is 7.21. The van der Waals surface area contributed by atoms with Gasteiger partial charge in [-0.3, -0.25) is 4.79 Å². The zero-order valence-electron chi connectivity index (χ0n) is 12.8. The number of carbonyl (C=O) groups is 1. The largest absolute Gasteiger partial charge is 0.305 e. The number of rotatable bonds is 4. The fourth-order valence-electron chi connectivity index (χ4n) is 2.22. The van der Waals surface area contributed by atoms with Crippen molar-refractivity contribution < 1.29 is 9.18 Å². The minimum absolute atomic E-state index is 0.122. The highest BCUT2D eigenvalue weighted by Crippen LogP contribution is 2.15. The van der Waals surface area contributed by atoms with Crippen LogP contribution in [0.15, 0.2) is 48.8 Å². The number of hydrogen-bond acceptors (Lipinski definition) is 3. The highest BCUT2D eigenvalue weighted by atomic mass is 19.1. The van der Waals surface area contributed by atoms with Crippen molar-refractivity contribution >= 4 is 11.7 Å². The number of amides is 1. The molecular formula is C16H16FN5O. The Morgan fingerprint density at radius 2 is 2.00 bits per heavy atom. The van der Waals surface area contributed by atoms with Gasteiger partial charge >= 0.3 is 0 Å². The van der Waals surface area contributed by atoms with Gasteiger partial charge in [0.25, 0.3) is 5.91 Å². The maximum absolute atomic E-state index is 13.8. The van der Waals surface area contributed by atoms with Crippen molar-refractivity contribution in [3.8, 4) is 5.69 Å². The van der Waals surface area contributed by atoms with E-state index in [-0.39, 0.29) is 17.6 Å². The molecule has 23 heavy (non-hydrogen) atoms. The van der Waals surface area contributed by atoms with Gasteiger partial charge in [-0.15, -0.1) is 0 Å². The van der Waals surface area contributed by atoms with Crippen LogP contribution in [0.2, 0.25) is 0 Å². The summed E-state index contributed by atoms with van der Waals surface area (Å²) in [6.45, 7) is 3.94. The smallest absolute Gasteiger partial charge is 0.277 e. The molecule has 0 radical (unpaired) electrons. The highest BCUT2D eigenvalue weighted by molar-refractivity contribution is 6.02. The molecule has 118 valence electrons. The summed E-state index contributed by atoms with van der Waals surface area (Å²) in [5.41, 5.74) is 0.489. The average molecular weight is 313 g/mol.